The van der Waals surface area contributed by atoms with Gasteiger partial charge >= 0.3 is 0 Å². The predicted octanol–water partition coefficient (Wildman–Crippen LogP) is 6.95. The number of anilines is 1. The highest BCUT2D eigenvalue weighted by molar-refractivity contribution is 7.92. The van der Waals surface area contributed by atoms with Crippen molar-refractivity contribution in [2.24, 2.45) is 17.8 Å². The van der Waals surface area contributed by atoms with Gasteiger partial charge in [0.05, 0.1) is 11.9 Å². The standard InChI is InChI=1S/C34H45Cl2N3O4S/c1-6-30(32(41)37-33(2,3)4)38(20-25-7-10-27(35)16-29(25)36)31(40)21-39(44(5,42)43)28-11-8-26(9-12-28)34-17-22-13-23(18-34)15-24(14-22)19-34/h7-12,16,22-24,30H,6,13-15,17-21H2,1-5H3,(H,37,41). The summed E-state index contributed by atoms with van der Waals surface area (Å²) < 4.78 is 27.4. The Morgan fingerprint density at radius 3 is 2.02 bits per heavy atom. The minimum absolute atomic E-state index is 0.0213. The van der Waals surface area contributed by atoms with E-state index in [0.717, 1.165) is 28.3 Å². The first-order valence-corrected chi connectivity index (χ1v) is 18.3. The van der Waals surface area contributed by atoms with E-state index in [0.29, 0.717) is 27.7 Å². The smallest absolute Gasteiger partial charge is 0.244 e. The fourth-order valence-electron chi connectivity index (χ4n) is 8.26. The van der Waals surface area contributed by atoms with Gasteiger partial charge < -0.3 is 10.2 Å². The largest absolute Gasteiger partial charge is 0.350 e. The van der Waals surface area contributed by atoms with Crippen LogP contribution in [0.5, 0.6) is 0 Å². The molecule has 0 radical (unpaired) electrons. The molecule has 7 nitrogen and oxygen atoms in total. The molecule has 240 valence electrons. The molecule has 1 atom stereocenters. The first-order valence-electron chi connectivity index (χ1n) is 15.7. The number of rotatable bonds is 10. The lowest BCUT2D eigenvalue weighted by molar-refractivity contribution is -0.141. The average Bonchev–Trinajstić information content (AvgIpc) is 2.90. The Bertz CT molecular complexity index is 1470. The number of sulfonamides is 1. The summed E-state index contributed by atoms with van der Waals surface area (Å²) in [4.78, 5) is 28.9. The van der Waals surface area contributed by atoms with Crippen LogP contribution in [0.25, 0.3) is 0 Å². The van der Waals surface area contributed by atoms with Crippen LogP contribution < -0.4 is 9.62 Å². The maximum atomic E-state index is 14.1. The molecule has 10 heteroatoms. The number of carbonyl (C=O) groups excluding carboxylic acids is 2. The molecule has 2 aromatic rings. The molecule has 4 fully saturated rings. The highest BCUT2D eigenvalue weighted by Gasteiger charge is 2.51. The summed E-state index contributed by atoms with van der Waals surface area (Å²) in [5, 5.41) is 3.79. The molecular weight excluding hydrogens is 617 g/mol. The molecule has 4 aliphatic carbocycles. The molecule has 4 saturated carbocycles. The van der Waals surface area contributed by atoms with E-state index in [1.807, 2.05) is 39.8 Å². The third-order valence-electron chi connectivity index (χ3n) is 9.73. The molecule has 44 heavy (non-hydrogen) atoms. The lowest BCUT2D eigenvalue weighted by Gasteiger charge is -2.57. The van der Waals surface area contributed by atoms with Crippen molar-refractivity contribution in [1.82, 2.24) is 10.2 Å². The van der Waals surface area contributed by atoms with Crippen molar-refractivity contribution in [1.29, 1.82) is 0 Å². The van der Waals surface area contributed by atoms with Gasteiger partial charge in [-0.2, -0.15) is 0 Å². The van der Waals surface area contributed by atoms with Crippen LogP contribution in [0.15, 0.2) is 42.5 Å². The zero-order chi connectivity index (χ0) is 32.0. The Kier molecular flexibility index (Phi) is 9.39. The number of carbonyl (C=O) groups is 2. The summed E-state index contributed by atoms with van der Waals surface area (Å²) >= 11 is 12.6. The number of hydrogen-bond acceptors (Lipinski definition) is 4. The van der Waals surface area contributed by atoms with Gasteiger partial charge in [0.25, 0.3) is 0 Å². The Morgan fingerprint density at radius 1 is 0.977 bits per heavy atom. The van der Waals surface area contributed by atoms with Crippen LogP contribution in [0.2, 0.25) is 10.0 Å². The quantitative estimate of drug-likeness (QED) is 0.299. The molecule has 0 spiro atoms. The molecule has 6 rings (SSSR count). The number of benzene rings is 2. The predicted molar refractivity (Wildman–Crippen MR) is 177 cm³/mol. The van der Waals surface area contributed by atoms with Crippen molar-refractivity contribution < 1.29 is 18.0 Å². The average molecular weight is 663 g/mol. The van der Waals surface area contributed by atoms with E-state index in [-0.39, 0.29) is 17.9 Å². The number of nitrogens with one attached hydrogen (secondary N) is 1. The molecule has 2 aromatic carbocycles. The van der Waals surface area contributed by atoms with Crippen LogP contribution in [0.1, 0.15) is 83.8 Å². The number of nitrogens with zero attached hydrogens (tertiary/aromatic N) is 2. The monoisotopic (exact) mass is 661 g/mol. The lowest BCUT2D eigenvalue weighted by atomic mass is 9.48. The van der Waals surface area contributed by atoms with E-state index in [2.05, 4.69) is 17.4 Å². The second-order valence-corrected chi connectivity index (χ2v) is 17.2. The molecule has 0 aliphatic heterocycles. The molecule has 4 bridgehead atoms. The van der Waals surface area contributed by atoms with Crippen LogP contribution in [0.3, 0.4) is 0 Å². The maximum absolute atomic E-state index is 14.1. The number of hydrogen-bond donors (Lipinski definition) is 1. The van der Waals surface area contributed by atoms with Crippen molar-refractivity contribution in [2.75, 3.05) is 17.1 Å². The van der Waals surface area contributed by atoms with Crippen molar-refractivity contribution in [2.45, 2.75) is 96.2 Å². The van der Waals surface area contributed by atoms with E-state index in [4.69, 9.17) is 23.2 Å². The van der Waals surface area contributed by atoms with Gasteiger partial charge in [-0.1, -0.05) is 48.3 Å². The van der Waals surface area contributed by atoms with Gasteiger partial charge in [-0.15, -0.1) is 0 Å². The second kappa shape index (κ2) is 12.5. The van der Waals surface area contributed by atoms with E-state index in [1.54, 1.807) is 18.2 Å². The topological polar surface area (TPSA) is 86.8 Å². The van der Waals surface area contributed by atoms with E-state index >= 15 is 0 Å². The van der Waals surface area contributed by atoms with E-state index in [9.17, 15) is 18.0 Å². The third-order valence-corrected chi connectivity index (χ3v) is 11.5. The number of amides is 2. The molecule has 0 saturated heterocycles. The van der Waals surface area contributed by atoms with E-state index < -0.39 is 34.1 Å². The molecule has 0 heterocycles. The summed E-state index contributed by atoms with van der Waals surface area (Å²) in [6.45, 7) is 7.02. The van der Waals surface area contributed by atoms with Gasteiger partial charge in [-0.05, 0) is 124 Å². The van der Waals surface area contributed by atoms with Gasteiger partial charge in [0, 0.05) is 22.1 Å². The Labute approximate surface area is 272 Å². The Morgan fingerprint density at radius 2 is 1.55 bits per heavy atom. The van der Waals surface area contributed by atoms with Crippen LogP contribution in [0.4, 0.5) is 5.69 Å². The first kappa shape index (κ1) is 33.1. The van der Waals surface area contributed by atoms with Crippen LogP contribution in [0, 0.1) is 17.8 Å². The first-order chi connectivity index (χ1) is 20.6. The van der Waals surface area contributed by atoms with Crippen LogP contribution in [-0.4, -0.2) is 49.5 Å². The minimum Gasteiger partial charge on any atom is -0.350 e. The zero-order valence-electron chi connectivity index (χ0n) is 26.4. The lowest BCUT2D eigenvalue weighted by Crippen LogP contribution is -2.55. The molecule has 0 aromatic heterocycles. The third kappa shape index (κ3) is 7.23. The van der Waals surface area contributed by atoms with Crippen LogP contribution >= 0.6 is 23.2 Å². The maximum Gasteiger partial charge on any atom is 0.244 e. The SMILES string of the molecule is CCC(C(=O)NC(C)(C)C)N(Cc1ccc(Cl)cc1Cl)C(=O)CN(c1ccc(C23CC4CC(CC(C4)C2)C3)cc1)S(C)(=O)=O. The fourth-order valence-corrected chi connectivity index (χ4v) is 9.58. The highest BCUT2D eigenvalue weighted by Crippen LogP contribution is 2.60. The van der Waals surface area contributed by atoms with Gasteiger partial charge in [0.2, 0.25) is 21.8 Å². The van der Waals surface area contributed by atoms with Gasteiger partial charge in [-0.25, -0.2) is 8.42 Å². The van der Waals surface area contributed by atoms with Gasteiger partial charge in [0.1, 0.15) is 12.6 Å². The molecular formula is C34H45Cl2N3O4S. The molecule has 1 unspecified atom stereocenters. The normalized spacial score (nSPS) is 25.0. The van der Waals surface area contributed by atoms with Crippen LogP contribution in [-0.2, 0) is 31.6 Å². The van der Waals surface area contributed by atoms with Crippen molar-refractivity contribution in [3.8, 4) is 0 Å². The summed E-state index contributed by atoms with van der Waals surface area (Å²) in [7, 11) is -3.83. The number of halogens is 2. The zero-order valence-corrected chi connectivity index (χ0v) is 28.7. The van der Waals surface area contributed by atoms with E-state index in [1.165, 1.54) is 49.0 Å². The molecule has 4 aliphatic rings. The van der Waals surface area contributed by atoms with Crippen molar-refractivity contribution in [3.63, 3.8) is 0 Å². The van der Waals surface area contributed by atoms with Crippen molar-refractivity contribution >= 4 is 50.7 Å². The van der Waals surface area contributed by atoms with Gasteiger partial charge in [-0.3, -0.25) is 13.9 Å². The highest BCUT2D eigenvalue weighted by atomic mass is 35.5. The summed E-state index contributed by atoms with van der Waals surface area (Å²) in [6, 6.07) is 12.0. The minimum atomic E-state index is -3.83. The summed E-state index contributed by atoms with van der Waals surface area (Å²) in [5.74, 6) is 1.58. The Hall–Kier alpha value is -2.29. The second-order valence-electron chi connectivity index (χ2n) is 14.4. The fraction of sp³-hybridized carbons (Fsp3) is 0.588. The Balaban J connectivity index is 1.42. The summed E-state index contributed by atoms with van der Waals surface area (Å²) in [6.07, 6.45) is 9.13. The van der Waals surface area contributed by atoms with Crippen molar-refractivity contribution in [3.05, 3.63) is 63.6 Å². The molecule has 2 amide bonds. The van der Waals surface area contributed by atoms with Gasteiger partial charge in [0.15, 0.2) is 0 Å². The summed E-state index contributed by atoms with van der Waals surface area (Å²) in [5.41, 5.74) is 1.99. The molecule has 1 N–H and O–H groups in total.